The molecule has 0 saturated carbocycles. The van der Waals surface area contributed by atoms with Crippen LogP contribution in [0.5, 0.6) is 5.75 Å². The van der Waals surface area contributed by atoms with E-state index >= 15 is 0 Å². The number of benzene rings is 1. The van der Waals surface area contributed by atoms with Gasteiger partial charge in [0.1, 0.15) is 11.8 Å². The number of nitrogens with zero attached hydrogens (tertiary/aromatic N) is 2. The van der Waals surface area contributed by atoms with Gasteiger partial charge in [-0.25, -0.2) is 5.06 Å². The normalized spacial score (nSPS) is 18.0. The predicted octanol–water partition coefficient (Wildman–Crippen LogP) is 1.75. The van der Waals surface area contributed by atoms with Gasteiger partial charge in [0.25, 0.3) is 11.1 Å². The van der Waals surface area contributed by atoms with Gasteiger partial charge in [0.2, 0.25) is 0 Å². The van der Waals surface area contributed by atoms with Crippen molar-refractivity contribution >= 4 is 22.9 Å². The molecule has 2 rings (SSSR count). The maximum atomic E-state index is 12.2. The molecular formula is C14H18N2O4S. The van der Waals surface area contributed by atoms with Crippen molar-refractivity contribution in [2.75, 3.05) is 27.0 Å². The Balaban J connectivity index is 2.11. The van der Waals surface area contributed by atoms with E-state index in [0.717, 1.165) is 28.1 Å². The molecule has 7 heteroatoms. The minimum Gasteiger partial charge on any atom is -0.497 e. The number of hydrogen-bond donors (Lipinski definition) is 0. The fourth-order valence-corrected chi connectivity index (χ4v) is 3.04. The maximum Gasteiger partial charge on any atom is 0.282 e. The Morgan fingerprint density at radius 3 is 2.62 bits per heavy atom. The molecule has 0 aromatic heterocycles. The van der Waals surface area contributed by atoms with Gasteiger partial charge >= 0.3 is 0 Å². The van der Waals surface area contributed by atoms with Crippen molar-refractivity contribution in [3.8, 4) is 5.75 Å². The average molecular weight is 310 g/mol. The van der Waals surface area contributed by atoms with Crippen LogP contribution < -0.4 is 4.74 Å². The lowest BCUT2D eigenvalue weighted by molar-refractivity contribution is -0.172. The summed E-state index contributed by atoms with van der Waals surface area (Å²) in [5.41, 5.74) is 0.949. The summed E-state index contributed by atoms with van der Waals surface area (Å²) in [6.45, 7) is 0.393. The molecule has 0 spiro atoms. The number of amides is 2. The van der Waals surface area contributed by atoms with Crippen LogP contribution in [0, 0.1) is 0 Å². The standard InChI is InChI=1S/C14H18N2O4S/c1-15(20-3)13(17)12-9-21-14(18)16(12)8-10-4-6-11(19-2)7-5-10/h4-7,12H,8-9H2,1-3H3/t12-/m1/s1. The number of hydroxylamine groups is 2. The van der Waals surface area contributed by atoms with Crippen LogP contribution in [0.1, 0.15) is 5.56 Å². The number of likely N-dealkylation sites (N-methyl/N-ethyl adjacent to an activating group) is 1. The fourth-order valence-electron chi connectivity index (χ4n) is 2.06. The minimum atomic E-state index is -0.491. The Labute approximate surface area is 127 Å². The summed E-state index contributed by atoms with van der Waals surface area (Å²) in [6, 6.07) is 6.95. The van der Waals surface area contributed by atoms with E-state index in [0.29, 0.717) is 12.3 Å². The lowest BCUT2D eigenvalue weighted by atomic mass is 10.2. The number of thioether (sulfide) groups is 1. The molecule has 0 aliphatic carbocycles. The molecule has 1 heterocycles. The Hall–Kier alpha value is -1.73. The van der Waals surface area contributed by atoms with Crippen molar-refractivity contribution in [3.05, 3.63) is 29.8 Å². The predicted molar refractivity (Wildman–Crippen MR) is 80.0 cm³/mol. The first-order chi connectivity index (χ1) is 10.1. The van der Waals surface area contributed by atoms with Gasteiger partial charge in [-0.2, -0.15) is 0 Å². The van der Waals surface area contributed by atoms with Crippen LogP contribution in [0.3, 0.4) is 0 Å². The molecule has 1 fully saturated rings. The highest BCUT2D eigenvalue weighted by Gasteiger charge is 2.38. The summed E-state index contributed by atoms with van der Waals surface area (Å²) < 4.78 is 5.10. The number of methoxy groups -OCH3 is 1. The van der Waals surface area contributed by atoms with Gasteiger partial charge in [0.05, 0.1) is 14.2 Å². The molecule has 21 heavy (non-hydrogen) atoms. The molecule has 1 aromatic carbocycles. The van der Waals surface area contributed by atoms with E-state index in [-0.39, 0.29) is 11.1 Å². The first-order valence-electron chi connectivity index (χ1n) is 6.44. The van der Waals surface area contributed by atoms with Crippen molar-refractivity contribution in [1.29, 1.82) is 0 Å². The Bertz CT molecular complexity index is 520. The van der Waals surface area contributed by atoms with Crippen LogP contribution in [0.25, 0.3) is 0 Å². The SMILES string of the molecule is COc1ccc(CN2C(=O)SC[C@@H]2C(=O)N(C)OC)cc1. The second-order valence-corrected chi connectivity index (χ2v) is 5.56. The van der Waals surface area contributed by atoms with Crippen LogP contribution in [0.4, 0.5) is 4.79 Å². The van der Waals surface area contributed by atoms with E-state index in [1.807, 2.05) is 24.3 Å². The Morgan fingerprint density at radius 2 is 2.05 bits per heavy atom. The number of rotatable bonds is 5. The summed E-state index contributed by atoms with van der Waals surface area (Å²) >= 11 is 1.16. The monoisotopic (exact) mass is 310 g/mol. The number of ether oxygens (including phenoxy) is 1. The largest absolute Gasteiger partial charge is 0.497 e. The lowest BCUT2D eigenvalue weighted by Crippen LogP contribution is -2.45. The summed E-state index contributed by atoms with van der Waals surface area (Å²) in [6.07, 6.45) is 0. The molecule has 0 unspecified atom stereocenters. The van der Waals surface area contributed by atoms with Crippen molar-refractivity contribution in [2.45, 2.75) is 12.6 Å². The van der Waals surface area contributed by atoms with Crippen LogP contribution in [0.2, 0.25) is 0 Å². The van der Waals surface area contributed by atoms with Crippen molar-refractivity contribution in [1.82, 2.24) is 9.96 Å². The van der Waals surface area contributed by atoms with Gasteiger partial charge < -0.3 is 9.64 Å². The van der Waals surface area contributed by atoms with E-state index in [1.54, 1.807) is 19.1 Å². The molecule has 0 N–H and O–H groups in total. The summed E-state index contributed by atoms with van der Waals surface area (Å²) in [5.74, 6) is 0.985. The molecule has 6 nitrogen and oxygen atoms in total. The van der Waals surface area contributed by atoms with E-state index in [9.17, 15) is 9.59 Å². The maximum absolute atomic E-state index is 12.2. The van der Waals surface area contributed by atoms with Gasteiger partial charge in [-0.05, 0) is 17.7 Å². The van der Waals surface area contributed by atoms with Crippen LogP contribution in [0.15, 0.2) is 24.3 Å². The van der Waals surface area contributed by atoms with Gasteiger partial charge in [0, 0.05) is 19.3 Å². The molecule has 1 aliphatic heterocycles. The Morgan fingerprint density at radius 1 is 1.38 bits per heavy atom. The molecule has 114 valence electrons. The molecule has 0 radical (unpaired) electrons. The fraction of sp³-hybridized carbons (Fsp3) is 0.429. The molecule has 0 bridgehead atoms. The summed E-state index contributed by atoms with van der Waals surface area (Å²) in [5, 5.41) is 1.07. The van der Waals surface area contributed by atoms with Crippen LogP contribution in [-0.4, -0.2) is 54.2 Å². The molecular weight excluding hydrogens is 292 g/mol. The first kappa shape index (κ1) is 15.7. The second kappa shape index (κ2) is 6.82. The highest BCUT2D eigenvalue weighted by Crippen LogP contribution is 2.27. The second-order valence-electron chi connectivity index (χ2n) is 4.59. The van der Waals surface area contributed by atoms with Crippen molar-refractivity contribution in [3.63, 3.8) is 0 Å². The molecule has 1 aromatic rings. The van der Waals surface area contributed by atoms with Crippen molar-refractivity contribution in [2.24, 2.45) is 0 Å². The van der Waals surface area contributed by atoms with Gasteiger partial charge in [-0.15, -0.1) is 0 Å². The highest BCUT2D eigenvalue weighted by atomic mass is 32.2. The van der Waals surface area contributed by atoms with E-state index < -0.39 is 6.04 Å². The topological polar surface area (TPSA) is 59.1 Å². The zero-order valence-corrected chi connectivity index (χ0v) is 13.1. The number of hydrogen-bond acceptors (Lipinski definition) is 5. The van der Waals surface area contributed by atoms with Gasteiger partial charge in [0.15, 0.2) is 0 Å². The minimum absolute atomic E-state index is 0.0892. The van der Waals surface area contributed by atoms with Crippen LogP contribution >= 0.6 is 11.8 Å². The molecule has 1 aliphatic rings. The van der Waals surface area contributed by atoms with Crippen LogP contribution in [-0.2, 0) is 16.2 Å². The quantitative estimate of drug-likeness (QED) is 0.776. The third kappa shape index (κ3) is 3.48. The van der Waals surface area contributed by atoms with Gasteiger partial charge in [-0.3, -0.25) is 14.4 Å². The zero-order chi connectivity index (χ0) is 15.4. The third-order valence-corrected chi connectivity index (χ3v) is 4.32. The number of carbonyl (C=O) groups excluding carboxylic acids is 2. The van der Waals surface area contributed by atoms with Gasteiger partial charge in [-0.1, -0.05) is 23.9 Å². The van der Waals surface area contributed by atoms with E-state index in [4.69, 9.17) is 9.57 Å². The third-order valence-electron chi connectivity index (χ3n) is 3.36. The average Bonchev–Trinajstić information content (AvgIpc) is 2.87. The number of carbonyl (C=O) groups is 2. The van der Waals surface area contributed by atoms with E-state index in [2.05, 4.69) is 0 Å². The zero-order valence-electron chi connectivity index (χ0n) is 12.2. The molecule has 2 amide bonds. The molecule has 1 saturated heterocycles. The summed E-state index contributed by atoms with van der Waals surface area (Å²) in [4.78, 5) is 30.7. The Kier molecular flexibility index (Phi) is 5.08. The highest BCUT2D eigenvalue weighted by molar-refractivity contribution is 8.13. The summed E-state index contributed by atoms with van der Waals surface area (Å²) in [7, 11) is 4.57. The molecule has 1 atom stereocenters. The smallest absolute Gasteiger partial charge is 0.282 e. The van der Waals surface area contributed by atoms with E-state index in [1.165, 1.54) is 7.11 Å². The van der Waals surface area contributed by atoms with Crippen molar-refractivity contribution < 1.29 is 19.2 Å². The lowest BCUT2D eigenvalue weighted by Gasteiger charge is -2.26. The first-order valence-corrected chi connectivity index (χ1v) is 7.43.